The lowest BCUT2D eigenvalue weighted by atomic mass is 10.1. The number of nitrogen functional groups attached to an aromatic ring is 1. The second-order valence-electron chi connectivity index (χ2n) is 3.12. The van der Waals surface area contributed by atoms with Crippen LogP contribution in [0.5, 0.6) is 0 Å². The predicted octanol–water partition coefficient (Wildman–Crippen LogP) is 3.57. The summed E-state index contributed by atoms with van der Waals surface area (Å²) in [7, 11) is 0. The summed E-state index contributed by atoms with van der Waals surface area (Å²) in [6.45, 7) is 0. The molecule has 1 aromatic carbocycles. The summed E-state index contributed by atoms with van der Waals surface area (Å²) in [5.41, 5.74) is 7.67. The van der Waals surface area contributed by atoms with E-state index < -0.39 is 0 Å². The maximum atomic E-state index is 5.85. The molecule has 0 spiro atoms. The SMILES string of the molecule is Nc1ccc(Cc2ccc(Cl)s2)cc1. The Morgan fingerprint density at radius 1 is 1.07 bits per heavy atom. The van der Waals surface area contributed by atoms with Crippen LogP contribution in [0, 0.1) is 0 Å². The maximum absolute atomic E-state index is 5.85. The van der Waals surface area contributed by atoms with Crippen molar-refractivity contribution in [1.29, 1.82) is 0 Å². The molecule has 0 fully saturated rings. The Kier molecular flexibility index (Phi) is 2.75. The summed E-state index contributed by atoms with van der Waals surface area (Å²) in [4.78, 5) is 1.28. The summed E-state index contributed by atoms with van der Waals surface area (Å²) in [6.07, 6.45) is 0.928. The monoisotopic (exact) mass is 223 g/mol. The Bertz CT molecular complexity index is 419. The highest BCUT2D eigenvalue weighted by Gasteiger charge is 1.99. The van der Waals surface area contributed by atoms with E-state index in [1.165, 1.54) is 10.4 Å². The first kappa shape index (κ1) is 9.56. The highest BCUT2D eigenvalue weighted by molar-refractivity contribution is 7.16. The van der Waals surface area contributed by atoms with Crippen molar-refractivity contribution >= 4 is 28.6 Å². The van der Waals surface area contributed by atoms with Crippen molar-refractivity contribution < 1.29 is 0 Å². The van der Waals surface area contributed by atoms with E-state index in [1.807, 2.05) is 30.3 Å². The first-order chi connectivity index (χ1) is 6.74. The van der Waals surface area contributed by atoms with Crippen LogP contribution in [0.25, 0.3) is 0 Å². The number of hydrogen-bond donors (Lipinski definition) is 1. The molecule has 1 heterocycles. The van der Waals surface area contributed by atoms with Crippen LogP contribution in [0.3, 0.4) is 0 Å². The average Bonchev–Trinajstić information content (AvgIpc) is 2.56. The molecule has 3 heteroatoms. The van der Waals surface area contributed by atoms with Crippen molar-refractivity contribution in [3.8, 4) is 0 Å². The zero-order valence-corrected chi connectivity index (χ0v) is 9.11. The number of rotatable bonds is 2. The maximum Gasteiger partial charge on any atom is 0.0931 e. The van der Waals surface area contributed by atoms with E-state index in [-0.39, 0.29) is 0 Å². The highest BCUT2D eigenvalue weighted by atomic mass is 35.5. The second kappa shape index (κ2) is 4.03. The fraction of sp³-hybridized carbons (Fsp3) is 0.0909. The molecule has 1 nitrogen and oxygen atoms in total. The second-order valence-corrected chi connectivity index (χ2v) is 4.92. The number of thiophene rings is 1. The lowest BCUT2D eigenvalue weighted by Crippen LogP contribution is -1.87. The van der Waals surface area contributed by atoms with Crippen LogP contribution >= 0.6 is 22.9 Å². The minimum absolute atomic E-state index is 0.804. The van der Waals surface area contributed by atoms with Crippen molar-refractivity contribution in [1.82, 2.24) is 0 Å². The van der Waals surface area contributed by atoms with Crippen LogP contribution in [0.15, 0.2) is 36.4 Å². The van der Waals surface area contributed by atoms with Gasteiger partial charge < -0.3 is 5.73 Å². The zero-order valence-electron chi connectivity index (χ0n) is 7.53. The van der Waals surface area contributed by atoms with Gasteiger partial charge in [0.2, 0.25) is 0 Å². The minimum Gasteiger partial charge on any atom is -0.399 e. The molecule has 0 aliphatic rings. The Balaban J connectivity index is 2.15. The molecular weight excluding hydrogens is 214 g/mol. The molecule has 0 saturated carbocycles. The van der Waals surface area contributed by atoms with Crippen molar-refractivity contribution in [2.75, 3.05) is 5.73 Å². The molecule has 2 N–H and O–H groups in total. The van der Waals surface area contributed by atoms with Crippen LogP contribution in [0.4, 0.5) is 5.69 Å². The van der Waals surface area contributed by atoms with Crippen molar-refractivity contribution in [2.45, 2.75) is 6.42 Å². The van der Waals surface area contributed by atoms with E-state index >= 15 is 0 Å². The number of anilines is 1. The molecule has 72 valence electrons. The molecular formula is C11H10ClNS. The molecule has 0 unspecified atom stereocenters. The third-order valence-corrected chi connectivity index (χ3v) is 3.22. The van der Waals surface area contributed by atoms with E-state index in [0.717, 1.165) is 16.4 Å². The van der Waals surface area contributed by atoms with E-state index in [0.29, 0.717) is 0 Å². The van der Waals surface area contributed by atoms with E-state index in [2.05, 4.69) is 6.07 Å². The zero-order chi connectivity index (χ0) is 9.97. The molecule has 0 atom stereocenters. The van der Waals surface area contributed by atoms with Gasteiger partial charge in [-0.1, -0.05) is 23.7 Å². The molecule has 0 aliphatic carbocycles. The summed E-state index contributed by atoms with van der Waals surface area (Å²) in [5, 5.41) is 0. The Morgan fingerprint density at radius 3 is 2.36 bits per heavy atom. The van der Waals surface area contributed by atoms with Crippen molar-refractivity contribution in [2.24, 2.45) is 0 Å². The average molecular weight is 224 g/mol. The van der Waals surface area contributed by atoms with E-state index in [4.69, 9.17) is 17.3 Å². The number of nitrogens with two attached hydrogens (primary N) is 1. The van der Waals surface area contributed by atoms with Crippen molar-refractivity contribution in [3.63, 3.8) is 0 Å². The van der Waals surface area contributed by atoms with Gasteiger partial charge in [0.05, 0.1) is 4.34 Å². The van der Waals surface area contributed by atoms with Gasteiger partial charge in [-0.15, -0.1) is 11.3 Å². The minimum atomic E-state index is 0.804. The molecule has 14 heavy (non-hydrogen) atoms. The van der Waals surface area contributed by atoms with Gasteiger partial charge in [-0.2, -0.15) is 0 Å². The quantitative estimate of drug-likeness (QED) is 0.774. The predicted molar refractivity (Wildman–Crippen MR) is 63.0 cm³/mol. The Morgan fingerprint density at radius 2 is 1.79 bits per heavy atom. The molecule has 0 radical (unpaired) electrons. The smallest absolute Gasteiger partial charge is 0.0931 e. The Hall–Kier alpha value is -0.990. The Labute approximate surface area is 92.1 Å². The van der Waals surface area contributed by atoms with Gasteiger partial charge in [0, 0.05) is 17.0 Å². The van der Waals surface area contributed by atoms with Crippen LogP contribution in [0.2, 0.25) is 4.34 Å². The number of halogens is 1. The summed E-state index contributed by atoms with van der Waals surface area (Å²) < 4.78 is 0.843. The molecule has 0 aliphatic heterocycles. The normalized spacial score (nSPS) is 10.4. The molecule has 2 aromatic rings. The molecule has 1 aromatic heterocycles. The third kappa shape index (κ3) is 2.28. The standard InChI is InChI=1S/C11H10ClNS/c12-11-6-5-10(14-11)7-8-1-3-9(13)4-2-8/h1-6H,7,13H2. The van der Waals surface area contributed by atoms with Crippen molar-refractivity contribution in [3.05, 3.63) is 51.2 Å². The summed E-state index contributed by atoms with van der Waals surface area (Å²) in [5.74, 6) is 0. The largest absolute Gasteiger partial charge is 0.399 e. The fourth-order valence-corrected chi connectivity index (χ4v) is 2.41. The number of benzene rings is 1. The van der Waals surface area contributed by atoms with Gasteiger partial charge in [-0.3, -0.25) is 0 Å². The molecule has 0 bridgehead atoms. The number of hydrogen-bond acceptors (Lipinski definition) is 2. The first-order valence-electron chi connectivity index (χ1n) is 4.33. The van der Waals surface area contributed by atoms with Crippen LogP contribution in [-0.4, -0.2) is 0 Å². The van der Waals surface area contributed by atoms with Gasteiger partial charge in [0.1, 0.15) is 0 Å². The van der Waals surface area contributed by atoms with E-state index in [1.54, 1.807) is 11.3 Å². The lowest BCUT2D eigenvalue weighted by molar-refractivity contribution is 1.24. The van der Waals surface area contributed by atoms with Gasteiger partial charge in [0.25, 0.3) is 0 Å². The summed E-state index contributed by atoms with van der Waals surface area (Å²) >= 11 is 7.47. The first-order valence-corrected chi connectivity index (χ1v) is 5.52. The van der Waals surface area contributed by atoms with Gasteiger partial charge in [-0.25, -0.2) is 0 Å². The third-order valence-electron chi connectivity index (χ3n) is 1.99. The topological polar surface area (TPSA) is 26.0 Å². The van der Waals surface area contributed by atoms with Crippen LogP contribution in [-0.2, 0) is 6.42 Å². The van der Waals surface area contributed by atoms with Gasteiger partial charge in [0.15, 0.2) is 0 Å². The molecule has 0 amide bonds. The highest BCUT2D eigenvalue weighted by Crippen LogP contribution is 2.23. The fourth-order valence-electron chi connectivity index (χ4n) is 1.28. The molecule has 2 rings (SSSR count). The molecule has 0 saturated heterocycles. The van der Waals surface area contributed by atoms with Crippen LogP contribution < -0.4 is 5.73 Å². The summed E-state index contributed by atoms with van der Waals surface area (Å²) in [6, 6.07) is 11.9. The van der Waals surface area contributed by atoms with Gasteiger partial charge in [-0.05, 0) is 29.8 Å². The van der Waals surface area contributed by atoms with Crippen LogP contribution in [0.1, 0.15) is 10.4 Å². The van der Waals surface area contributed by atoms with E-state index in [9.17, 15) is 0 Å². The lowest BCUT2D eigenvalue weighted by Gasteiger charge is -1.98. The van der Waals surface area contributed by atoms with Gasteiger partial charge >= 0.3 is 0 Å².